The molecule has 33 heavy (non-hydrogen) atoms. The zero-order chi connectivity index (χ0) is 22.8. The lowest BCUT2D eigenvalue weighted by molar-refractivity contribution is 0.0816. The highest BCUT2D eigenvalue weighted by molar-refractivity contribution is 5.90. The van der Waals surface area contributed by atoms with Crippen molar-refractivity contribution in [2.45, 2.75) is 57.2 Å². The molecule has 3 aromatic rings. The first-order chi connectivity index (χ1) is 16.1. The number of nitrogens with zero attached hydrogens (tertiary/aromatic N) is 6. The minimum atomic E-state index is 0.320. The number of anilines is 4. The minimum Gasteiger partial charge on any atom is -0.382 e. The Hall–Kier alpha value is -2.98. The second-order valence-corrected chi connectivity index (χ2v) is 9.22. The maximum atomic E-state index is 6.18. The smallest absolute Gasteiger partial charge is 0.227 e. The predicted molar refractivity (Wildman–Crippen MR) is 129 cm³/mol. The standard InChI is InChI=1S/C23H33N9O/c1-33-17-7-10-31(11-8-17)23-26-9-6-20(29-23)28-21-12-19-18(13-27-21)22(25)30-32(19)14-15-2-4-16(24)5-3-15/h6,9,12-13,15-17H,2-5,7-8,10-11,14,24H2,1H3,(H2,25,30)(H,26,27,28,29)/t15-,16-. The van der Waals surface area contributed by atoms with E-state index < -0.39 is 0 Å². The van der Waals surface area contributed by atoms with E-state index in [1.54, 1.807) is 19.5 Å². The molecule has 0 amide bonds. The highest BCUT2D eigenvalue weighted by atomic mass is 16.5. The number of rotatable bonds is 6. The van der Waals surface area contributed by atoms with E-state index in [0.717, 1.165) is 75.0 Å². The Balaban J connectivity index is 1.32. The molecule has 3 aromatic heterocycles. The van der Waals surface area contributed by atoms with Crippen LogP contribution < -0.4 is 21.7 Å². The zero-order valence-electron chi connectivity index (χ0n) is 19.2. The summed E-state index contributed by atoms with van der Waals surface area (Å²) in [6.07, 6.45) is 10.3. The van der Waals surface area contributed by atoms with E-state index in [1.807, 2.05) is 16.8 Å². The Morgan fingerprint density at radius 1 is 1.09 bits per heavy atom. The molecule has 5 N–H and O–H groups in total. The highest BCUT2D eigenvalue weighted by Crippen LogP contribution is 2.29. The lowest BCUT2D eigenvalue weighted by Gasteiger charge is -2.31. The molecule has 1 saturated carbocycles. The van der Waals surface area contributed by atoms with Crippen LogP contribution in [0.15, 0.2) is 24.5 Å². The molecule has 5 rings (SSSR count). The average Bonchev–Trinajstić information content (AvgIpc) is 3.15. The van der Waals surface area contributed by atoms with Crippen LogP contribution in [0.4, 0.5) is 23.4 Å². The summed E-state index contributed by atoms with van der Waals surface area (Å²) in [4.78, 5) is 15.9. The molecular weight excluding hydrogens is 418 g/mol. The SMILES string of the molecule is COC1CCN(c2nccc(Nc3cc4c(cn3)c(N)nn4C[C@H]3CC[C@H](N)CC3)n2)CC1. The van der Waals surface area contributed by atoms with Gasteiger partial charge in [0, 0.05) is 51.2 Å². The summed E-state index contributed by atoms with van der Waals surface area (Å²) in [6.45, 7) is 2.62. The summed E-state index contributed by atoms with van der Waals surface area (Å²) in [5, 5.41) is 8.79. The van der Waals surface area contributed by atoms with E-state index in [2.05, 4.69) is 25.3 Å². The summed E-state index contributed by atoms with van der Waals surface area (Å²) >= 11 is 0. The molecule has 1 aliphatic carbocycles. The monoisotopic (exact) mass is 451 g/mol. The molecule has 2 fully saturated rings. The molecular formula is C23H33N9O. The van der Waals surface area contributed by atoms with Gasteiger partial charge in [0.15, 0.2) is 5.82 Å². The molecule has 10 heteroatoms. The maximum Gasteiger partial charge on any atom is 0.227 e. The first-order valence-electron chi connectivity index (χ1n) is 11.8. The van der Waals surface area contributed by atoms with Gasteiger partial charge in [-0.1, -0.05) is 0 Å². The third-order valence-electron chi connectivity index (χ3n) is 6.94. The molecule has 4 heterocycles. The van der Waals surface area contributed by atoms with E-state index in [4.69, 9.17) is 21.2 Å². The third kappa shape index (κ3) is 4.86. The van der Waals surface area contributed by atoms with Crippen LogP contribution >= 0.6 is 0 Å². The fourth-order valence-electron chi connectivity index (χ4n) is 4.91. The van der Waals surface area contributed by atoms with Crippen molar-refractivity contribution in [2.75, 3.05) is 36.1 Å². The molecule has 0 spiro atoms. The van der Waals surface area contributed by atoms with Gasteiger partial charge in [-0.05, 0) is 50.5 Å². The molecule has 10 nitrogen and oxygen atoms in total. The van der Waals surface area contributed by atoms with Crippen LogP contribution in [0.3, 0.4) is 0 Å². The fourth-order valence-corrected chi connectivity index (χ4v) is 4.91. The number of ether oxygens (including phenoxy) is 1. The summed E-state index contributed by atoms with van der Waals surface area (Å²) in [5.41, 5.74) is 13.2. The van der Waals surface area contributed by atoms with Crippen molar-refractivity contribution in [1.29, 1.82) is 0 Å². The Labute approximate surface area is 193 Å². The van der Waals surface area contributed by atoms with Crippen LogP contribution in [0.1, 0.15) is 38.5 Å². The Morgan fingerprint density at radius 3 is 2.64 bits per heavy atom. The van der Waals surface area contributed by atoms with E-state index >= 15 is 0 Å². The molecule has 1 saturated heterocycles. The van der Waals surface area contributed by atoms with Gasteiger partial charge in [-0.25, -0.2) is 9.97 Å². The molecule has 0 aromatic carbocycles. The first kappa shape index (κ1) is 21.8. The Kier molecular flexibility index (Phi) is 6.28. The molecule has 0 radical (unpaired) electrons. The van der Waals surface area contributed by atoms with E-state index in [1.165, 1.54) is 0 Å². The van der Waals surface area contributed by atoms with Crippen LogP contribution in [0.5, 0.6) is 0 Å². The van der Waals surface area contributed by atoms with Crippen LogP contribution in [-0.4, -0.2) is 57.1 Å². The number of pyridine rings is 1. The van der Waals surface area contributed by atoms with Gasteiger partial charge in [0.25, 0.3) is 0 Å². The van der Waals surface area contributed by atoms with Crippen molar-refractivity contribution < 1.29 is 4.74 Å². The van der Waals surface area contributed by atoms with Gasteiger partial charge in [0.1, 0.15) is 11.6 Å². The second kappa shape index (κ2) is 9.48. The summed E-state index contributed by atoms with van der Waals surface area (Å²) in [7, 11) is 1.77. The van der Waals surface area contributed by atoms with Gasteiger partial charge in [-0.2, -0.15) is 10.1 Å². The number of piperidine rings is 1. The van der Waals surface area contributed by atoms with E-state index in [0.29, 0.717) is 35.5 Å². The van der Waals surface area contributed by atoms with Gasteiger partial charge in [-0.3, -0.25) is 4.68 Å². The highest BCUT2D eigenvalue weighted by Gasteiger charge is 2.22. The van der Waals surface area contributed by atoms with Gasteiger partial charge in [0.05, 0.1) is 17.0 Å². The summed E-state index contributed by atoms with van der Waals surface area (Å²) in [5.74, 6) is 3.22. The van der Waals surface area contributed by atoms with Crippen LogP contribution in [-0.2, 0) is 11.3 Å². The van der Waals surface area contributed by atoms with Crippen molar-refractivity contribution in [1.82, 2.24) is 24.7 Å². The van der Waals surface area contributed by atoms with Gasteiger partial charge < -0.3 is 26.4 Å². The Morgan fingerprint density at radius 2 is 1.88 bits per heavy atom. The third-order valence-corrected chi connectivity index (χ3v) is 6.94. The van der Waals surface area contributed by atoms with Gasteiger partial charge in [-0.15, -0.1) is 0 Å². The van der Waals surface area contributed by atoms with Crippen LogP contribution in [0.2, 0.25) is 0 Å². The number of nitrogens with one attached hydrogen (secondary N) is 1. The number of nitrogens with two attached hydrogens (primary N) is 2. The largest absolute Gasteiger partial charge is 0.382 e. The molecule has 0 bridgehead atoms. The molecule has 0 unspecified atom stereocenters. The van der Waals surface area contributed by atoms with Gasteiger partial charge in [0.2, 0.25) is 5.95 Å². The lowest BCUT2D eigenvalue weighted by atomic mass is 9.86. The van der Waals surface area contributed by atoms with Crippen LogP contribution in [0, 0.1) is 5.92 Å². The first-order valence-corrected chi connectivity index (χ1v) is 11.8. The second-order valence-electron chi connectivity index (χ2n) is 9.22. The summed E-state index contributed by atoms with van der Waals surface area (Å²) < 4.78 is 7.49. The number of aromatic nitrogens is 5. The van der Waals surface area contributed by atoms with Gasteiger partial charge >= 0.3 is 0 Å². The van der Waals surface area contributed by atoms with Crippen molar-refractivity contribution in [2.24, 2.45) is 11.7 Å². The maximum absolute atomic E-state index is 6.18. The number of nitrogen functional groups attached to an aromatic ring is 1. The quantitative estimate of drug-likeness (QED) is 0.517. The average molecular weight is 452 g/mol. The minimum absolute atomic E-state index is 0.320. The topological polar surface area (TPSA) is 133 Å². The molecule has 176 valence electrons. The normalized spacial score (nSPS) is 22.1. The van der Waals surface area contributed by atoms with E-state index in [9.17, 15) is 0 Å². The van der Waals surface area contributed by atoms with Crippen molar-refractivity contribution in [3.8, 4) is 0 Å². The number of hydrogen-bond acceptors (Lipinski definition) is 9. The van der Waals surface area contributed by atoms with Crippen LogP contribution in [0.25, 0.3) is 10.9 Å². The fraction of sp³-hybridized carbons (Fsp3) is 0.565. The number of methoxy groups -OCH3 is 1. The molecule has 0 atom stereocenters. The van der Waals surface area contributed by atoms with Crippen molar-refractivity contribution in [3.63, 3.8) is 0 Å². The predicted octanol–water partition coefficient (Wildman–Crippen LogP) is 2.68. The molecule has 1 aliphatic heterocycles. The zero-order valence-corrected chi connectivity index (χ0v) is 19.2. The number of hydrogen-bond donors (Lipinski definition) is 3. The molecule has 2 aliphatic rings. The lowest BCUT2D eigenvalue weighted by Crippen LogP contribution is -2.37. The van der Waals surface area contributed by atoms with E-state index in [-0.39, 0.29) is 0 Å². The summed E-state index contributed by atoms with van der Waals surface area (Å²) in [6, 6.07) is 4.19. The van der Waals surface area contributed by atoms with Crippen molar-refractivity contribution in [3.05, 3.63) is 24.5 Å². The number of fused-ring (bicyclic) bond motifs is 1. The van der Waals surface area contributed by atoms with Crippen molar-refractivity contribution >= 4 is 34.3 Å². The Bertz CT molecular complexity index is 1080.